The Morgan fingerprint density at radius 3 is 2.32 bits per heavy atom. The summed E-state index contributed by atoms with van der Waals surface area (Å²) in [6.07, 6.45) is -1.84. The third kappa shape index (κ3) is 5.08. The van der Waals surface area contributed by atoms with Gasteiger partial charge in [-0.05, 0) is 31.7 Å². The normalized spacial score (nSPS) is 21.5. The molecule has 28 heavy (non-hydrogen) atoms. The van der Waals surface area contributed by atoms with Crippen LogP contribution in [0.25, 0.3) is 0 Å². The average Bonchev–Trinajstić information content (AvgIpc) is 2.63. The fourth-order valence-corrected chi connectivity index (χ4v) is 5.30. The van der Waals surface area contributed by atoms with Crippen LogP contribution in [-0.2, 0) is 20.8 Å². The SMILES string of the molecule is O=C(NC1CCS(=O)(=O)CC1)C1CCN(c2ncc(C(F)(F)F)cc2Cl)CC1. The van der Waals surface area contributed by atoms with Crippen molar-refractivity contribution in [3.8, 4) is 0 Å². The minimum atomic E-state index is -4.50. The second-order valence-electron chi connectivity index (χ2n) is 7.22. The number of sulfone groups is 1. The zero-order chi connectivity index (χ0) is 20.5. The lowest BCUT2D eigenvalue weighted by molar-refractivity contribution is -0.137. The van der Waals surface area contributed by atoms with Crippen LogP contribution in [0.5, 0.6) is 0 Å². The third-order valence-corrected chi connectivity index (χ3v) is 7.21. The topological polar surface area (TPSA) is 79.4 Å². The van der Waals surface area contributed by atoms with Crippen molar-refractivity contribution in [3.05, 3.63) is 22.8 Å². The van der Waals surface area contributed by atoms with E-state index in [4.69, 9.17) is 11.6 Å². The maximum absolute atomic E-state index is 12.7. The number of hydrogen-bond donors (Lipinski definition) is 1. The molecule has 1 amide bonds. The maximum Gasteiger partial charge on any atom is 0.417 e. The highest BCUT2D eigenvalue weighted by Gasteiger charge is 2.33. The number of nitrogens with one attached hydrogen (secondary N) is 1. The number of carbonyl (C=O) groups is 1. The predicted molar refractivity (Wildman–Crippen MR) is 99.0 cm³/mol. The molecule has 1 N–H and O–H groups in total. The Balaban J connectivity index is 1.54. The molecule has 0 unspecified atom stereocenters. The first-order chi connectivity index (χ1) is 13.0. The van der Waals surface area contributed by atoms with Gasteiger partial charge < -0.3 is 10.2 Å². The van der Waals surface area contributed by atoms with Gasteiger partial charge in [-0.25, -0.2) is 13.4 Å². The largest absolute Gasteiger partial charge is 0.417 e. The van der Waals surface area contributed by atoms with Crippen molar-refractivity contribution in [1.29, 1.82) is 0 Å². The van der Waals surface area contributed by atoms with Gasteiger partial charge in [-0.2, -0.15) is 13.2 Å². The second-order valence-corrected chi connectivity index (χ2v) is 9.93. The molecule has 0 bridgehead atoms. The third-order valence-electron chi connectivity index (χ3n) is 5.22. The number of amides is 1. The number of hydrogen-bond acceptors (Lipinski definition) is 5. The van der Waals surface area contributed by atoms with Gasteiger partial charge in [0.25, 0.3) is 0 Å². The van der Waals surface area contributed by atoms with Gasteiger partial charge in [0.2, 0.25) is 5.91 Å². The molecule has 156 valence electrons. The first kappa shape index (κ1) is 21.2. The molecule has 3 rings (SSSR count). The summed E-state index contributed by atoms with van der Waals surface area (Å²) < 4.78 is 61.1. The summed E-state index contributed by atoms with van der Waals surface area (Å²) in [6.45, 7) is 0.907. The minimum absolute atomic E-state index is 0.0684. The van der Waals surface area contributed by atoms with Crippen molar-refractivity contribution in [2.45, 2.75) is 37.9 Å². The van der Waals surface area contributed by atoms with Crippen LogP contribution in [0.1, 0.15) is 31.2 Å². The van der Waals surface area contributed by atoms with E-state index in [1.165, 1.54) is 0 Å². The number of piperidine rings is 1. The summed E-state index contributed by atoms with van der Waals surface area (Å²) in [6, 6.07) is 0.736. The van der Waals surface area contributed by atoms with Crippen LogP contribution in [0, 0.1) is 5.92 Å². The molecule has 2 fully saturated rings. The molecule has 2 aliphatic rings. The highest BCUT2D eigenvalue weighted by Crippen LogP contribution is 2.34. The predicted octanol–water partition coefficient (Wildman–Crippen LogP) is 2.66. The lowest BCUT2D eigenvalue weighted by atomic mass is 9.95. The number of rotatable bonds is 3. The first-order valence-corrected chi connectivity index (χ1v) is 11.2. The summed E-state index contributed by atoms with van der Waals surface area (Å²) in [5.41, 5.74) is -0.898. The van der Waals surface area contributed by atoms with E-state index in [9.17, 15) is 26.4 Å². The van der Waals surface area contributed by atoms with Gasteiger partial charge in [0.05, 0.1) is 22.1 Å². The smallest absolute Gasteiger partial charge is 0.355 e. The molecule has 0 saturated carbocycles. The Morgan fingerprint density at radius 2 is 1.79 bits per heavy atom. The Bertz CT molecular complexity index is 826. The van der Waals surface area contributed by atoms with Crippen molar-refractivity contribution in [2.24, 2.45) is 5.92 Å². The summed E-state index contributed by atoms with van der Waals surface area (Å²) in [5.74, 6) is 0.146. The van der Waals surface area contributed by atoms with E-state index in [2.05, 4.69) is 10.3 Å². The maximum atomic E-state index is 12.7. The molecule has 2 saturated heterocycles. The fourth-order valence-electron chi connectivity index (χ4n) is 3.53. The van der Waals surface area contributed by atoms with Crippen molar-refractivity contribution in [1.82, 2.24) is 10.3 Å². The number of nitrogens with zero attached hydrogens (tertiary/aromatic N) is 2. The van der Waals surface area contributed by atoms with Crippen LogP contribution in [0.2, 0.25) is 5.02 Å². The molecule has 0 radical (unpaired) electrons. The minimum Gasteiger partial charge on any atom is -0.355 e. The van der Waals surface area contributed by atoms with Crippen LogP contribution in [0.3, 0.4) is 0 Å². The molecule has 11 heteroatoms. The van der Waals surface area contributed by atoms with Gasteiger partial charge in [0.1, 0.15) is 15.7 Å². The fraction of sp³-hybridized carbons (Fsp3) is 0.647. The van der Waals surface area contributed by atoms with Crippen molar-refractivity contribution in [3.63, 3.8) is 0 Å². The van der Waals surface area contributed by atoms with Crippen LogP contribution < -0.4 is 10.2 Å². The quantitative estimate of drug-likeness (QED) is 0.783. The molecular formula is C17H21ClF3N3O3S. The molecule has 1 aromatic heterocycles. The molecule has 0 atom stereocenters. The number of anilines is 1. The van der Waals surface area contributed by atoms with E-state index in [1.807, 2.05) is 0 Å². The highest BCUT2D eigenvalue weighted by molar-refractivity contribution is 7.91. The van der Waals surface area contributed by atoms with E-state index in [0.717, 1.165) is 12.3 Å². The van der Waals surface area contributed by atoms with Crippen LogP contribution in [0.4, 0.5) is 19.0 Å². The van der Waals surface area contributed by atoms with Gasteiger partial charge in [-0.15, -0.1) is 0 Å². The van der Waals surface area contributed by atoms with Gasteiger partial charge in [0.15, 0.2) is 0 Å². The summed E-state index contributed by atoms with van der Waals surface area (Å²) in [7, 11) is -2.98. The van der Waals surface area contributed by atoms with Gasteiger partial charge in [-0.1, -0.05) is 11.6 Å². The van der Waals surface area contributed by atoms with E-state index >= 15 is 0 Å². The van der Waals surface area contributed by atoms with Gasteiger partial charge in [0, 0.05) is 31.2 Å². The van der Waals surface area contributed by atoms with E-state index in [1.54, 1.807) is 4.90 Å². The van der Waals surface area contributed by atoms with Gasteiger partial charge >= 0.3 is 6.18 Å². The lowest BCUT2D eigenvalue weighted by Crippen LogP contribution is -2.46. The van der Waals surface area contributed by atoms with Crippen molar-refractivity contribution >= 4 is 33.2 Å². The first-order valence-electron chi connectivity index (χ1n) is 9.03. The Labute approximate surface area is 166 Å². The van der Waals surface area contributed by atoms with Crippen LogP contribution >= 0.6 is 11.6 Å². The van der Waals surface area contributed by atoms with Gasteiger partial charge in [-0.3, -0.25) is 4.79 Å². The Hall–Kier alpha value is -1.55. The number of halogens is 4. The molecule has 3 heterocycles. The summed E-state index contributed by atoms with van der Waals surface area (Å²) >= 11 is 5.99. The number of carbonyl (C=O) groups excluding carboxylic acids is 1. The molecular weight excluding hydrogens is 419 g/mol. The highest BCUT2D eigenvalue weighted by atomic mass is 35.5. The van der Waals surface area contributed by atoms with E-state index < -0.39 is 21.6 Å². The lowest BCUT2D eigenvalue weighted by Gasteiger charge is -2.33. The Kier molecular flexibility index (Phi) is 6.09. The second kappa shape index (κ2) is 8.06. The zero-order valence-corrected chi connectivity index (χ0v) is 16.6. The van der Waals surface area contributed by atoms with Crippen LogP contribution in [-0.4, -0.2) is 49.9 Å². The molecule has 1 aromatic rings. The molecule has 2 aliphatic heterocycles. The van der Waals surface area contributed by atoms with E-state index in [0.29, 0.717) is 38.8 Å². The molecule has 0 spiro atoms. The number of pyridine rings is 1. The van der Waals surface area contributed by atoms with E-state index in [-0.39, 0.29) is 40.2 Å². The van der Waals surface area contributed by atoms with Crippen molar-refractivity contribution < 1.29 is 26.4 Å². The Morgan fingerprint density at radius 1 is 1.18 bits per heavy atom. The standard InChI is InChI=1S/C17H21ClF3N3O3S/c18-14-9-12(17(19,20)21)10-22-15(14)24-5-1-11(2-6-24)16(25)23-13-3-7-28(26,27)8-4-13/h9-11,13H,1-8H2,(H,23,25). The summed E-state index contributed by atoms with van der Waals surface area (Å²) in [5, 5.41) is 2.86. The summed E-state index contributed by atoms with van der Waals surface area (Å²) in [4.78, 5) is 18.1. The number of aromatic nitrogens is 1. The molecule has 0 aliphatic carbocycles. The monoisotopic (exact) mass is 439 g/mol. The van der Waals surface area contributed by atoms with Crippen LogP contribution in [0.15, 0.2) is 12.3 Å². The average molecular weight is 440 g/mol. The number of alkyl halides is 3. The van der Waals surface area contributed by atoms with Crippen molar-refractivity contribution in [2.75, 3.05) is 29.5 Å². The zero-order valence-electron chi connectivity index (χ0n) is 15.0. The molecule has 0 aromatic carbocycles. The molecule has 6 nitrogen and oxygen atoms in total.